The molecule has 0 radical (unpaired) electrons. The molecule has 1 aliphatic rings. The van der Waals surface area contributed by atoms with E-state index in [1.54, 1.807) is 6.07 Å². The second kappa shape index (κ2) is 8.01. The first-order valence-electron chi connectivity index (χ1n) is 8.75. The van der Waals surface area contributed by atoms with Crippen molar-refractivity contribution in [3.05, 3.63) is 41.7 Å². The van der Waals surface area contributed by atoms with Gasteiger partial charge >= 0.3 is 12.1 Å². The average molecular weight is 396 g/mol. The van der Waals surface area contributed by atoms with Crippen molar-refractivity contribution in [2.45, 2.75) is 19.5 Å². The minimum atomic E-state index is -4.83. The van der Waals surface area contributed by atoms with Crippen LogP contribution in [0.25, 0.3) is 5.69 Å². The summed E-state index contributed by atoms with van der Waals surface area (Å²) in [4.78, 5) is 24.1. The van der Waals surface area contributed by atoms with Crippen LogP contribution in [-0.4, -0.2) is 41.4 Å². The summed E-state index contributed by atoms with van der Waals surface area (Å²) in [6.07, 6.45) is -3.30. The maximum absolute atomic E-state index is 13.6. The van der Waals surface area contributed by atoms with E-state index in [9.17, 15) is 22.8 Å². The summed E-state index contributed by atoms with van der Waals surface area (Å²) >= 11 is 0. The van der Waals surface area contributed by atoms with Gasteiger partial charge in [-0.05, 0) is 38.1 Å². The molecule has 0 bridgehead atoms. The van der Waals surface area contributed by atoms with Gasteiger partial charge in [0.2, 0.25) is 5.91 Å². The number of halogens is 3. The van der Waals surface area contributed by atoms with Crippen LogP contribution in [0, 0.1) is 5.92 Å². The molecule has 0 aliphatic carbocycles. The molecule has 2 N–H and O–H groups in total. The molecular weight excluding hydrogens is 377 g/mol. The van der Waals surface area contributed by atoms with Gasteiger partial charge in [0.1, 0.15) is 5.56 Å². The normalized spacial score (nSPS) is 16.8. The van der Waals surface area contributed by atoms with E-state index in [0.717, 1.165) is 12.7 Å². The molecule has 2 aromatic rings. The van der Waals surface area contributed by atoms with Crippen molar-refractivity contribution in [2.75, 3.05) is 25.0 Å². The third-order valence-electron chi connectivity index (χ3n) is 4.32. The minimum absolute atomic E-state index is 0.0567. The number of ether oxygens (including phenoxy) is 1. The molecule has 2 heterocycles. The van der Waals surface area contributed by atoms with Crippen LogP contribution < -0.4 is 10.6 Å². The first-order valence-corrected chi connectivity index (χ1v) is 8.75. The highest BCUT2D eigenvalue weighted by molar-refractivity contribution is 5.93. The molecule has 3 rings (SSSR count). The van der Waals surface area contributed by atoms with E-state index in [4.69, 9.17) is 4.74 Å². The highest BCUT2D eigenvalue weighted by Crippen LogP contribution is 2.34. The van der Waals surface area contributed by atoms with E-state index in [1.807, 2.05) is 0 Å². The summed E-state index contributed by atoms with van der Waals surface area (Å²) in [7, 11) is 0. The monoisotopic (exact) mass is 396 g/mol. The first kappa shape index (κ1) is 19.9. The van der Waals surface area contributed by atoms with Gasteiger partial charge in [0.05, 0.1) is 24.4 Å². The third-order valence-corrected chi connectivity index (χ3v) is 4.32. The number of rotatable bonds is 5. The fourth-order valence-corrected chi connectivity index (χ4v) is 3.01. The second-order valence-corrected chi connectivity index (χ2v) is 6.27. The van der Waals surface area contributed by atoms with Crippen molar-refractivity contribution >= 4 is 17.6 Å². The lowest BCUT2D eigenvalue weighted by molar-refractivity contribution is -0.143. The van der Waals surface area contributed by atoms with Crippen LogP contribution in [0.2, 0.25) is 0 Å². The summed E-state index contributed by atoms with van der Waals surface area (Å²) in [5.74, 6) is -1.49. The Morgan fingerprint density at radius 2 is 2.18 bits per heavy atom. The molecule has 1 amide bonds. The highest BCUT2D eigenvalue weighted by Gasteiger charge is 2.41. The van der Waals surface area contributed by atoms with Gasteiger partial charge in [-0.1, -0.05) is 6.07 Å². The number of hydrogen-bond donors (Lipinski definition) is 2. The molecule has 10 heteroatoms. The average Bonchev–Trinajstić information content (AvgIpc) is 3.31. The lowest BCUT2D eigenvalue weighted by Gasteiger charge is -2.14. The van der Waals surface area contributed by atoms with Crippen LogP contribution in [0.1, 0.15) is 29.4 Å². The number of hydrogen-bond acceptors (Lipinski definition) is 5. The SMILES string of the molecule is CCOC(=O)c1cnn(-c2cccc(NC(=O)C3CCNC3)c2)c1C(F)(F)F. The molecule has 0 spiro atoms. The van der Waals surface area contributed by atoms with Crippen molar-refractivity contribution in [1.82, 2.24) is 15.1 Å². The quantitative estimate of drug-likeness (QED) is 0.759. The molecule has 1 aromatic heterocycles. The van der Waals surface area contributed by atoms with Gasteiger partial charge in [-0.15, -0.1) is 0 Å². The third kappa shape index (κ3) is 4.16. The Balaban J connectivity index is 1.93. The lowest BCUT2D eigenvalue weighted by atomic mass is 10.1. The fraction of sp³-hybridized carbons (Fsp3) is 0.389. The van der Waals surface area contributed by atoms with Crippen LogP contribution in [-0.2, 0) is 15.7 Å². The van der Waals surface area contributed by atoms with Gasteiger partial charge < -0.3 is 15.4 Å². The smallest absolute Gasteiger partial charge is 0.434 e. The van der Waals surface area contributed by atoms with Gasteiger partial charge in [-0.3, -0.25) is 4.79 Å². The van der Waals surface area contributed by atoms with Gasteiger partial charge in [-0.25, -0.2) is 9.48 Å². The Bertz CT molecular complexity index is 873. The maximum atomic E-state index is 13.6. The first-order chi connectivity index (χ1) is 13.3. The van der Waals surface area contributed by atoms with Gasteiger partial charge in [0, 0.05) is 12.2 Å². The molecular formula is C18H19F3N4O3. The van der Waals surface area contributed by atoms with Gasteiger partial charge in [0.15, 0.2) is 5.69 Å². The van der Waals surface area contributed by atoms with E-state index >= 15 is 0 Å². The Labute approximate surface area is 158 Å². The lowest BCUT2D eigenvalue weighted by Crippen LogP contribution is -2.24. The molecule has 1 aliphatic heterocycles. The predicted molar refractivity (Wildman–Crippen MR) is 94.1 cm³/mol. The van der Waals surface area contributed by atoms with E-state index in [-0.39, 0.29) is 24.1 Å². The van der Waals surface area contributed by atoms with E-state index < -0.39 is 23.4 Å². The number of nitrogens with zero attached hydrogens (tertiary/aromatic N) is 2. The van der Waals surface area contributed by atoms with Gasteiger partial charge in [-0.2, -0.15) is 18.3 Å². The molecule has 28 heavy (non-hydrogen) atoms. The summed E-state index contributed by atoms with van der Waals surface area (Å²) in [5.41, 5.74) is -1.49. The Kier molecular flexibility index (Phi) is 5.68. The van der Waals surface area contributed by atoms with E-state index in [0.29, 0.717) is 23.3 Å². The number of benzene rings is 1. The van der Waals surface area contributed by atoms with Crippen LogP contribution in [0.5, 0.6) is 0 Å². The summed E-state index contributed by atoms with van der Waals surface area (Å²) in [6, 6.07) is 5.86. The molecule has 1 unspecified atom stereocenters. The number of aromatic nitrogens is 2. The summed E-state index contributed by atoms with van der Waals surface area (Å²) in [5, 5.41) is 9.52. The van der Waals surface area contributed by atoms with Crippen LogP contribution in [0.4, 0.5) is 18.9 Å². The molecule has 1 atom stereocenters. The van der Waals surface area contributed by atoms with E-state index in [2.05, 4.69) is 15.7 Å². The second-order valence-electron chi connectivity index (χ2n) is 6.27. The topological polar surface area (TPSA) is 85.2 Å². The molecule has 1 saturated heterocycles. The number of amides is 1. The highest BCUT2D eigenvalue weighted by atomic mass is 19.4. The number of alkyl halides is 3. The summed E-state index contributed by atoms with van der Waals surface area (Å²) < 4.78 is 46.1. The van der Waals surface area contributed by atoms with E-state index in [1.165, 1.54) is 25.1 Å². The zero-order valence-electron chi connectivity index (χ0n) is 15.0. The number of nitrogens with one attached hydrogen (secondary N) is 2. The van der Waals surface area contributed by atoms with Crippen molar-refractivity contribution in [3.63, 3.8) is 0 Å². The maximum Gasteiger partial charge on any atom is 0.434 e. The summed E-state index contributed by atoms with van der Waals surface area (Å²) in [6.45, 7) is 2.75. The number of carbonyl (C=O) groups is 2. The van der Waals surface area contributed by atoms with Crippen LogP contribution in [0.15, 0.2) is 30.5 Å². The molecule has 0 saturated carbocycles. The van der Waals surface area contributed by atoms with Gasteiger partial charge in [0.25, 0.3) is 0 Å². The largest absolute Gasteiger partial charge is 0.462 e. The number of anilines is 1. The van der Waals surface area contributed by atoms with Crippen LogP contribution in [0.3, 0.4) is 0 Å². The van der Waals surface area contributed by atoms with Crippen molar-refractivity contribution in [1.29, 1.82) is 0 Å². The Morgan fingerprint density at radius 1 is 1.39 bits per heavy atom. The zero-order chi connectivity index (χ0) is 20.3. The molecule has 1 fully saturated rings. The fourth-order valence-electron chi connectivity index (χ4n) is 3.01. The molecule has 150 valence electrons. The Morgan fingerprint density at radius 3 is 2.82 bits per heavy atom. The zero-order valence-corrected chi connectivity index (χ0v) is 15.0. The standard InChI is InChI=1S/C18H19F3N4O3/c1-2-28-17(27)14-10-23-25(15(14)18(19,20)21)13-5-3-4-12(8-13)24-16(26)11-6-7-22-9-11/h3-5,8,10-11,22H,2,6-7,9H2,1H3,(H,24,26). The van der Waals surface area contributed by atoms with Crippen molar-refractivity contribution < 1.29 is 27.5 Å². The molecule has 1 aromatic carbocycles. The Hall–Kier alpha value is -2.88. The predicted octanol–water partition coefficient (Wildman–Crippen LogP) is 2.62. The number of esters is 1. The van der Waals surface area contributed by atoms with Crippen molar-refractivity contribution in [2.24, 2.45) is 5.92 Å². The van der Waals surface area contributed by atoms with Crippen molar-refractivity contribution in [3.8, 4) is 5.69 Å². The number of carbonyl (C=O) groups excluding carboxylic acids is 2. The van der Waals surface area contributed by atoms with Crippen LogP contribution >= 0.6 is 0 Å². The minimum Gasteiger partial charge on any atom is -0.462 e. The molecule has 7 nitrogen and oxygen atoms in total.